The van der Waals surface area contributed by atoms with E-state index in [2.05, 4.69) is 5.32 Å². The first-order valence-corrected chi connectivity index (χ1v) is 9.90. The summed E-state index contributed by atoms with van der Waals surface area (Å²) in [6, 6.07) is 10.8. The summed E-state index contributed by atoms with van der Waals surface area (Å²) in [6.45, 7) is 5.52. The average molecular weight is 428 g/mol. The summed E-state index contributed by atoms with van der Waals surface area (Å²) < 4.78 is 2.19. The molecule has 1 aromatic heterocycles. The van der Waals surface area contributed by atoms with Gasteiger partial charge in [0, 0.05) is 17.1 Å². The molecule has 0 spiro atoms. The molecule has 1 amide bonds. The molecule has 0 atom stereocenters. The summed E-state index contributed by atoms with van der Waals surface area (Å²) in [5.74, 6) is -0.291. The van der Waals surface area contributed by atoms with Crippen molar-refractivity contribution in [3.05, 3.63) is 73.9 Å². The lowest BCUT2D eigenvalue weighted by Gasteiger charge is -2.15. The van der Waals surface area contributed by atoms with Gasteiger partial charge < -0.3 is 5.32 Å². The van der Waals surface area contributed by atoms with E-state index in [1.54, 1.807) is 24.3 Å². The number of amides is 1. The second kappa shape index (κ2) is 8.67. The van der Waals surface area contributed by atoms with Gasteiger partial charge in [-0.1, -0.05) is 37.6 Å². The zero-order chi connectivity index (χ0) is 22.0. The molecule has 2 aromatic carbocycles. The van der Waals surface area contributed by atoms with Crippen molar-refractivity contribution < 1.29 is 9.59 Å². The van der Waals surface area contributed by atoms with E-state index in [9.17, 15) is 19.2 Å². The number of hydrogen-bond acceptors (Lipinski definition) is 4. The minimum Gasteiger partial charge on any atom is -0.354 e. The van der Waals surface area contributed by atoms with Crippen LogP contribution in [0.25, 0.3) is 16.6 Å². The van der Waals surface area contributed by atoms with Crippen molar-refractivity contribution in [1.82, 2.24) is 14.5 Å². The van der Waals surface area contributed by atoms with E-state index in [0.717, 1.165) is 4.57 Å². The van der Waals surface area contributed by atoms with Gasteiger partial charge in [-0.15, -0.1) is 0 Å². The molecule has 156 valence electrons. The highest BCUT2D eigenvalue weighted by atomic mass is 35.5. The second-order valence-corrected chi connectivity index (χ2v) is 7.91. The molecular weight excluding hydrogens is 406 g/mol. The van der Waals surface area contributed by atoms with Crippen LogP contribution in [0.15, 0.2) is 52.1 Å². The normalized spacial score (nSPS) is 11.1. The molecule has 1 N–H and O–H groups in total. The number of halogens is 1. The summed E-state index contributed by atoms with van der Waals surface area (Å²) in [5.41, 5.74) is -0.334. The molecule has 7 nitrogen and oxygen atoms in total. The van der Waals surface area contributed by atoms with Gasteiger partial charge in [0.25, 0.3) is 5.56 Å². The van der Waals surface area contributed by atoms with Gasteiger partial charge in [0.05, 0.1) is 16.6 Å². The number of aromatic nitrogens is 2. The first-order chi connectivity index (χ1) is 14.2. The highest BCUT2D eigenvalue weighted by Crippen LogP contribution is 2.17. The van der Waals surface area contributed by atoms with E-state index >= 15 is 0 Å². The third kappa shape index (κ3) is 4.36. The Labute approximate surface area is 177 Å². The summed E-state index contributed by atoms with van der Waals surface area (Å²) in [4.78, 5) is 50.6. The van der Waals surface area contributed by atoms with Gasteiger partial charge in [0.15, 0.2) is 5.78 Å². The number of rotatable bonds is 6. The molecule has 0 saturated heterocycles. The van der Waals surface area contributed by atoms with Crippen LogP contribution in [-0.4, -0.2) is 27.4 Å². The van der Waals surface area contributed by atoms with Gasteiger partial charge in [-0.25, -0.2) is 9.36 Å². The maximum Gasteiger partial charge on any atom is 0.336 e. The quantitative estimate of drug-likeness (QED) is 0.612. The summed E-state index contributed by atoms with van der Waals surface area (Å²) >= 11 is 6.08. The zero-order valence-corrected chi connectivity index (χ0v) is 17.7. The predicted octanol–water partition coefficient (Wildman–Crippen LogP) is 2.78. The molecule has 0 aliphatic rings. The topological polar surface area (TPSA) is 90.2 Å². The van der Waals surface area contributed by atoms with Crippen LogP contribution in [-0.2, 0) is 11.3 Å². The van der Waals surface area contributed by atoms with E-state index in [1.165, 1.54) is 29.7 Å². The minimum absolute atomic E-state index is 0.189. The molecule has 1 heterocycles. The van der Waals surface area contributed by atoms with Gasteiger partial charge in [0.1, 0.15) is 6.54 Å². The van der Waals surface area contributed by atoms with E-state index in [0.29, 0.717) is 17.1 Å². The van der Waals surface area contributed by atoms with Crippen molar-refractivity contribution in [3.8, 4) is 5.69 Å². The number of ketones is 1. The van der Waals surface area contributed by atoms with Crippen LogP contribution in [0.4, 0.5) is 0 Å². The van der Waals surface area contributed by atoms with Gasteiger partial charge in [-0.05, 0) is 43.2 Å². The highest BCUT2D eigenvalue weighted by molar-refractivity contribution is 6.31. The molecule has 0 unspecified atom stereocenters. The van der Waals surface area contributed by atoms with Crippen molar-refractivity contribution >= 4 is 34.2 Å². The number of carbonyl (C=O) groups excluding carboxylic acids is 2. The Kier molecular flexibility index (Phi) is 6.22. The second-order valence-electron chi connectivity index (χ2n) is 7.48. The molecule has 3 rings (SSSR count). The molecule has 0 fully saturated rings. The van der Waals surface area contributed by atoms with Crippen LogP contribution in [0.3, 0.4) is 0 Å². The number of hydrogen-bond donors (Lipinski definition) is 1. The van der Waals surface area contributed by atoms with Crippen LogP contribution in [0.1, 0.15) is 31.1 Å². The average Bonchev–Trinajstić information content (AvgIpc) is 2.69. The van der Waals surface area contributed by atoms with Crippen LogP contribution in [0.5, 0.6) is 0 Å². The van der Waals surface area contributed by atoms with Crippen LogP contribution in [0.2, 0.25) is 5.02 Å². The largest absolute Gasteiger partial charge is 0.354 e. The Morgan fingerprint density at radius 1 is 1.10 bits per heavy atom. The molecular formula is C22H22ClN3O4. The molecule has 0 aliphatic heterocycles. The molecule has 8 heteroatoms. The molecule has 0 aliphatic carbocycles. The maximum atomic E-state index is 13.3. The number of fused-ring (bicyclic) bond motifs is 1. The lowest BCUT2D eigenvalue weighted by molar-refractivity contribution is -0.121. The number of Topliss-reactive ketones (excluding diaryl/α,β-unsaturated/α-hetero) is 1. The van der Waals surface area contributed by atoms with Crippen molar-refractivity contribution in [3.63, 3.8) is 0 Å². The third-order valence-corrected chi connectivity index (χ3v) is 4.86. The SMILES string of the molecule is CC(=O)c1cccc(-n2c(=O)c3ccc(Cl)cc3n(CC(=O)NCC(C)C)c2=O)c1. The van der Waals surface area contributed by atoms with E-state index in [4.69, 9.17) is 11.6 Å². The lowest BCUT2D eigenvalue weighted by Crippen LogP contribution is -2.42. The van der Waals surface area contributed by atoms with Crippen molar-refractivity contribution in [2.75, 3.05) is 6.54 Å². The minimum atomic E-state index is -0.685. The van der Waals surface area contributed by atoms with E-state index in [-0.39, 0.29) is 40.7 Å². The smallest absolute Gasteiger partial charge is 0.336 e. The Bertz CT molecular complexity index is 1260. The number of nitrogens with zero attached hydrogens (tertiary/aromatic N) is 2. The Morgan fingerprint density at radius 3 is 2.50 bits per heavy atom. The molecule has 3 aromatic rings. The van der Waals surface area contributed by atoms with Gasteiger partial charge >= 0.3 is 5.69 Å². The fraction of sp³-hybridized carbons (Fsp3) is 0.273. The molecule has 30 heavy (non-hydrogen) atoms. The first-order valence-electron chi connectivity index (χ1n) is 9.52. The van der Waals surface area contributed by atoms with E-state index < -0.39 is 11.2 Å². The number of benzene rings is 2. The number of carbonyl (C=O) groups is 2. The van der Waals surface area contributed by atoms with Crippen molar-refractivity contribution in [1.29, 1.82) is 0 Å². The maximum absolute atomic E-state index is 13.3. The van der Waals surface area contributed by atoms with Crippen LogP contribution >= 0.6 is 11.6 Å². The monoisotopic (exact) mass is 427 g/mol. The Morgan fingerprint density at radius 2 is 1.83 bits per heavy atom. The Balaban J connectivity index is 2.25. The summed E-state index contributed by atoms with van der Waals surface area (Å²) in [5, 5.41) is 3.35. The van der Waals surface area contributed by atoms with Crippen molar-refractivity contribution in [2.45, 2.75) is 27.3 Å². The van der Waals surface area contributed by atoms with E-state index in [1.807, 2.05) is 13.8 Å². The van der Waals surface area contributed by atoms with Gasteiger partial charge in [0.2, 0.25) is 5.91 Å². The summed E-state index contributed by atoms with van der Waals surface area (Å²) in [6.07, 6.45) is 0. The first kappa shape index (κ1) is 21.5. The molecule has 0 saturated carbocycles. The third-order valence-electron chi connectivity index (χ3n) is 4.63. The fourth-order valence-electron chi connectivity index (χ4n) is 3.10. The standard InChI is InChI=1S/C22H22ClN3O4/c1-13(2)11-24-20(28)12-25-19-10-16(23)7-8-18(19)21(29)26(22(25)30)17-6-4-5-15(9-17)14(3)27/h4-10,13H,11-12H2,1-3H3,(H,24,28). The number of nitrogens with one attached hydrogen (secondary N) is 1. The Hall–Kier alpha value is -3.19. The van der Waals surface area contributed by atoms with Crippen LogP contribution in [0, 0.1) is 5.92 Å². The van der Waals surface area contributed by atoms with Gasteiger partial charge in [-0.2, -0.15) is 0 Å². The molecule has 0 bridgehead atoms. The highest BCUT2D eigenvalue weighted by Gasteiger charge is 2.17. The van der Waals surface area contributed by atoms with Gasteiger partial charge in [-0.3, -0.25) is 19.0 Å². The zero-order valence-electron chi connectivity index (χ0n) is 16.9. The predicted molar refractivity (Wildman–Crippen MR) is 117 cm³/mol. The fourth-order valence-corrected chi connectivity index (χ4v) is 3.27. The molecule has 0 radical (unpaired) electrons. The van der Waals surface area contributed by atoms with Crippen LogP contribution < -0.4 is 16.6 Å². The lowest BCUT2D eigenvalue weighted by atomic mass is 10.1. The van der Waals surface area contributed by atoms with Crippen molar-refractivity contribution in [2.24, 2.45) is 5.92 Å². The summed E-state index contributed by atoms with van der Waals surface area (Å²) in [7, 11) is 0.